The van der Waals surface area contributed by atoms with E-state index in [1.165, 1.54) is 24.3 Å². The first kappa shape index (κ1) is 27.8. The number of hydrogen-bond acceptors (Lipinski definition) is 7. The Kier molecular flexibility index (Phi) is 7.86. The highest BCUT2D eigenvalue weighted by atomic mass is 19.1. The number of carbonyl (C=O) groups excluding carboxylic acids is 2. The van der Waals surface area contributed by atoms with Crippen molar-refractivity contribution < 1.29 is 33.0 Å². The van der Waals surface area contributed by atoms with E-state index in [0.717, 1.165) is 37.0 Å². The van der Waals surface area contributed by atoms with Crippen LogP contribution in [0.15, 0.2) is 60.8 Å². The van der Waals surface area contributed by atoms with Gasteiger partial charge in [-0.2, -0.15) is 5.10 Å². The standard InChI is InChI=1S/C31H30F2N4O5/c32-23-6-3-19(4-7-23)17-37-26-8-5-20(13-22(26)16-34-37)29(39)31(40)35-25(18-36-9-1-2-10-36)28(38)21-14-24(33)30-27(15-21)41-11-12-42-30/h3-8,13-16,25,28,38H,1-2,9-12,17-18H2,(H,35,40)/t25-,28-/m1/s1. The molecule has 0 aliphatic carbocycles. The molecule has 0 spiro atoms. The van der Waals surface area contributed by atoms with Crippen LogP contribution in [0.25, 0.3) is 10.9 Å². The summed E-state index contributed by atoms with van der Waals surface area (Å²) in [6, 6.07) is 12.8. The lowest BCUT2D eigenvalue weighted by molar-refractivity contribution is -0.118. The molecule has 2 aliphatic heterocycles. The van der Waals surface area contributed by atoms with E-state index in [1.807, 2.05) is 0 Å². The van der Waals surface area contributed by atoms with E-state index in [-0.39, 0.29) is 48.2 Å². The zero-order valence-corrected chi connectivity index (χ0v) is 22.8. The molecule has 3 heterocycles. The number of ether oxygens (including phenoxy) is 2. The number of fused-ring (bicyclic) bond motifs is 2. The molecule has 0 saturated carbocycles. The van der Waals surface area contributed by atoms with Crippen LogP contribution in [0.3, 0.4) is 0 Å². The fourth-order valence-corrected chi connectivity index (χ4v) is 5.48. The van der Waals surface area contributed by atoms with E-state index in [2.05, 4.69) is 15.3 Å². The summed E-state index contributed by atoms with van der Waals surface area (Å²) in [7, 11) is 0. The molecule has 0 bridgehead atoms. The molecule has 1 fully saturated rings. The third-order valence-electron chi connectivity index (χ3n) is 7.67. The normalized spacial score (nSPS) is 16.4. The number of aliphatic hydroxyl groups is 1. The van der Waals surface area contributed by atoms with E-state index in [0.29, 0.717) is 11.9 Å². The molecule has 4 aromatic rings. The molecule has 1 amide bonds. The van der Waals surface area contributed by atoms with Crippen LogP contribution >= 0.6 is 0 Å². The number of nitrogens with one attached hydrogen (secondary N) is 1. The molecule has 2 N–H and O–H groups in total. The van der Waals surface area contributed by atoms with Gasteiger partial charge in [-0.25, -0.2) is 8.78 Å². The SMILES string of the molecule is O=C(N[C@H](CN1CCCC1)[C@H](O)c1cc(F)c2c(c1)OCCO2)C(=O)c1ccc2c(cnn2Cc2ccc(F)cc2)c1. The maximum absolute atomic E-state index is 14.8. The minimum Gasteiger partial charge on any atom is -0.486 e. The number of nitrogens with zero attached hydrogens (tertiary/aromatic N) is 3. The van der Waals surface area contributed by atoms with Crippen molar-refractivity contribution in [2.45, 2.75) is 31.5 Å². The van der Waals surface area contributed by atoms with Gasteiger partial charge in [0, 0.05) is 17.5 Å². The molecule has 2 atom stereocenters. The molecule has 0 radical (unpaired) electrons. The molecule has 11 heteroatoms. The van der Waals surface area contributed by atoms with Crippen LogP contribution in [0, 0.1) is 11.6 Å². The second-order valence-corrected chi connectivity index (χ2v) is 10.6. The number of Topliss-reactive ketones (excluding diaryl/α,β-unsaturated/α-hetero) is 1. The van der Waals surface area contributed by atoms with Gasteiger partial charge in [0.05, 0.1) is 24.3 Å². The Balaban J connectivity index is 1.20. The monoisotopic (exact) mass is 576 g/mol. The van der Waals surface area contributed by atoms with Gasteiger partial charge in [0.2, 0.25) is 5.78 Å². The van der Waals surface area contributed by atoms with Crippen LogP contribution in [-0.2, 0) is 11.3 Å². The number of rotatable bonds is 9. The highest BCUT2D eigenvalue weighted by molar-refractivity contribution is 6.43. The van der Waals surface area contributed by atoms with Crippen molar-refractivity contribution in [3.05, 3.63) is 89.1 Å². The molecule has 1 saturated heterocycles. The van der Waals surface area contributed by atoms with Gasteiger partial charge in [0.15, 0.2) is 17.3 Å². The summed E-state index contributed by atoms with van der Waals surface area (Å²) in [6.45, 7) is 2.76. The van der Waals surface area contributed by atoms with Crippen LogP contribution in [0.1, 0.15) is 40.4 Å². The van der Waals surface area contributed by atoms with Crippen molar-refractivity contribution in [3.8, 4) is 11.5 Å². The lowest BCUT2D eigenvalue weighted by Crippen LogP contribution is -2.48. The predicted molar refractivity (Wildman–Crippen MR) is 150 cm³/mol. The van der Waals surface area contributed by atoms with E-state index in [9.17, 15) is 23.5 Å². The average molecular weight is 577 g/mol. The summed E-state index contributed by atoms with van der Waals surface area (Å²) < 4.78 is 40.6. The van der Waals surface area contributed by atoms with Crippen molar-refractivity contribution in [1.29, 1.82) is 0 Å². The Bertz CT molecular complexity index is 1620. The average Bonchev–Trinajstić information content (AvgIpc) is 3.67. The molecular formula is C31H30F2N4O5. The van der Waals surface area contributed by atoms with Gasteiger partial charge < -0.3 is 24.8 Å². The molecule has 0 unspecified atom stereocenters. The van der Waals surface area contributed by atoms with Gasteiger partial charge in [-0.05, 0) is 79.5 Å². The molecule has 42 heavy (non-hydrogen) atoms. The first-order valence-corrected chi connectivity index (χ1v) is 13.9. The summed E-state index contributed by atoms with van der Waals surface area (Å²) in [4.78, 5) is 28.5. The first-order valence-electron chi connectivity index (χ1n) is 13.9. The van der Waals surface area contributed by atoms with Gasteiger partial charge in [0.25, 0.3) is 5.91 Å². The lowest BCUT2D eigenvalue weighted by atomic mass is 9.99. The first-order chi connectivity index (χ1) is 20.4. The third-order valence-corrected chi connectivity index (χ3v) is 7.67. The number of ketones is 1. The van der Waals surface area contributed by atoms with E-state index < -0.39 is 29.7 Å². The van der Waals surface area contributed by atoms with Gasteiger partial charge >= 0.3 is 0 Å². The van der Waals surface area contributed by atoms with Crippen LogP contribution in [0.5, 0.6) is 11.5 Å². The van der Waals surface area contributed by atoms with Gasteiger partial charge in [-0.15, -0.1) is 0 Å². The Hall–Kier alpha value is -4.35. The fourth-order valence-electron chi connectivity index (χ4n) is 5.48. The Morgan fingerprint density at radius 1 is 1.00 bits per heavy atom. The Morgan fingerprint density at radius 3 is 2.55 bits per heavy atom. The number of amides is 1. The molecule has 6 rings (SSSR count). The maximum atomic E-state index is 14.8. The van der Waals surface area contributed by atoms with Crippen LogP contribution in [0.2, 0.25) is 0 Å². The maximum Gasteiger partial charge on any atom is 0.292 e. The summed E-state index contributed by atoms with van der Waals surface area (Å²) in [5.41, 5.74) is 1.99. The summed E-state index contributed by atoms with van der Waals surface area (Å²) in [5.74, 6) is -2.46. The van der Waals surface area contributed by atoms with Gasteiger partial charge in [0.1, 0.15) is 25.1 Å². The number of hydrogen-bond donors (Lipinski definition) is 2. The zero-order valence-electron chi connectivity index (χ0n) is 22.8. The number of carbonyl (C=O) groups is 2. The minimum atomic E-state index is -1.31. The van der Waals surface area contributed by atoms with E-state index in [1.54, 1.807) is 41.2 Å². The van der Waals surface area contributed by atoms with Gasteiger partial charge in [-0.3, -0.25) is 14.3 Å². The minimum absolute atomic E-state index is 0.0103. The predicted octanol–water partition coefficient (Wildman–Crippen LogP) is 3.63. The van der Waals surface area contributed by atoms with Gasteiger partial charge in [-0.1, -0.05) is 12.1 Å². The quantitative estimate of drug-likeness (QED) is 0.232. The van der Waals surface area contributed by atoms with Crippen molar-refractivity contribution >= 4 is 22.6 Å². The number of aliphatic hydroxyl groups excluding tert-OH is 1. The number of aromatic nitrogens is 2. The molecule has 218 valence electrons. The van der Waals surface area contributed by atoms with Crippen molar-refractivity contribution in [3.63, 3.8) is 0 Å². The number of halogens is 2. The van der Waals surface area contributed by atoms with Crippen LogP contribution < -0.4 is 14.8 Å². The zero-order chi connectivity index (χ0) is 29.2. The van der Waals surface area contributed by atoms with Crippen molar-refractivity contribution in [2.75, 3.05) is 32.8 Å². The largest absolute Gasteiger partial charge is 0.486 e. The Labute approximate surface area is 240 Å². The second-order valence-electron chi connectivity index (χ2n) is 10.6. The highest BCUT2D eigenvalue weighted by Gasteiger charge is 2.31. The second kappa shape index (κ2) is 11.9. The van der Waals surface area contributed by atoms with Crippen LogP contribution in [0.4, 0.5) is 8.78 Å². The number of likely N-dealkylation sites (tertiary alicyclic amines) is 1. The van der Waals surface area contributed by atoms with E-state index >= 15 is 0 Å². The van der Waals surface area contributed by atoms with Crippen molar-refractivity contribution in [1.82, 2.24) is 20.0 Å². The number of benzene rings is 3. The topological polar surface area (TPSA) is 106 Å². The third kappa shape index (κ3) is 5.83. The lowest BCUT2D eigenvalue weighted by Gasteiger charge is -2.29. The summed E-state index contributed by atoms with van der Waals surface area (Å²) in [5, 5.41) is 19.0. The van der Waals surface area contributed by atoms with Crippen molar-refractivity contribution in [2.24, 2.45) is 0 Å². The molecular weight excluding hydrogens is 546 g/mol. The smallest absolute Gasteiger partial charge is 0.292 e. The fraction of sp³-hybridized carbons (Fsp3) is 0.323. The molecule has 2 aliphatic rings. The molecule has 1 aromatic heterocycles. The van der Waals surface area contributed by atoms with E-state index in [4.69, 9.17) is 9.47 Å². The molecule has 3 aromatic carbocycles. The highest BCUT2D eigenvalue weighted by Crippen LogP contribution is 2.36. The Morgan fingerprint density at radius 2 is 1.76 bits per heavy atom. The molecule has 9 nitrogen and oxygen atoms in total. The summed E-state index contributed by atoms with van der Waals surface area (Å²) in [6.07, 6.45) is 2.27. The summed E-state index contributed by atoms with van der Waals surface area (Å²) >= 11 is 0. The van der Waals surface area contributed by atoms with Crippen LogP contribution in [-0.4, -0.2) is 70.4 Å².